The standard InChI is InChI=1S/C15H17BrN2O2/c1-2-20-14(19)7-9-17-10-11-5-6-13(16)12-4-3-8-18-15(11)12/h3-6,8,17H,2,7,9-10H2,1H3. The molecule has 5 heteroatoms. The van der Waals surface area contributed by atoms with Crippen LogP contribution in [0.5, 0.6) is 0 Å². The van der Waals surface area contributed by atoms with E-state index in [1.54, 1.807) is 6.20 Å². The lowest BCUT2D eigenvalue weighted by Gasteiger charge is -2.08. The van der Waals surface area contributed by atoms with Gasteiger partial charge in [-0.1, -0.05) is 28.1 Å². The first-order chi connectivity index (χ1) is 9.72. The Hall–Kier alpha value is -1.46. The molecule has 0 atom stereocenters. The van der Waals surface area contributed by atoms with Gasteiger partial charge in [0, 0.05) is 29.1 Å². The lowest BCUT2D eigenvalue weighted by atomic mass is 10.1. The second-order valence-electron chi connectivity index (χ2n) is 4.34. The summed E-state index contributed by atoms with van der Waals surface area (Å²) < 4.78 is 5.92. The molecule has 0 amide bonds. The fourth-order valence-electron chi connectivity index (χ4n) is 1.99. The molecule has 2 rings (SSSR count). The number of carbonyl (C=O) groups excluding carboxylic acids is 1. The van der Waals surface area contributed by atoms with Gasteiger partial charge < -0.3 is 10.1 Å². The van der Waals surface area contributed by atoms with Crippen LogP contribution in [0.25, 0.3) is 10.9 Å². The second-order valence-corrected chi connectivity index (χ2v) is 5.19. The summed E-state index contributed by atoms with van der Waals surface area (Å²) in [5, 5.41) is 4.34. The van der Waals surface area contributed by atoms with Crippen LogP contribution in [0.2, 0.25) is 0 Å². The zero-order chi connectivity index (χ0) is 14.4. The SMILES string of the molecule is CCOC(=O)CCNCc1ccc(Br)c2cccnc12. The number of aromatic nitrogens is 1. The number of halogens is 1. The lowest BCUT2D eigenvalue weighted by molar-refractivity contribution is -0.142. The molecule has 2 aromatic rings. The van der Waals surface area contributed by atoms with Crippen molar-refractivity contribution in [1.82, 2.24) is 10.3 Å². The van der Waals surface area contributed by atoms with E-state index in [-0.39, 0.29) is 5.97 Å². The topological polar surface area (TPSA) is 51.2 Å². The minimum atomic E-state index is -0.168. The van der Waals surface area contributed by atoms with Crippen LogP contribution >= 0.6 is 15.9 Å². The fraction of sp³-hybridized carbons (Fsp3) is 0.333. The Bertz CT molecular complexity index is 601. The van der Waals surface area contributed by atoms with E-state index < -0.39 is 0 Å². The molecule has 20 heavy (non-hydrogen) atoms. The van der Waals surface area contributed by atoms with Gasteiger partial charge in [-0.15, -0.1) is 0 Å². The third-order valence-electron chi connectivity index (χ3n) is 2.93. The van der Waals surface area contributed by atoms with Gasteiger partial charge in [0.05, 0.1) is 18.5 Å². The molecule has 1 aromatic heterocycles. The third-order valence-corrected chi connectivity index (χ3v) is 3.62. The van der Waals surface area contributed by atoms with E-state index in [2.05, 4.69) is 26.2 Å². The highest BCUT2D eigenvalue weighted by Gasteiger charge is 2.06. The Labute approximate surface area is 126 Å². The van der Waals surface area contributed by atoms with Gasteiger partial charge in [0.25, 0.3) is 0 Å². The summed E-state index contributed by atoms with van der Waals surface area (Å²) >= 11 is 3.53. The predicted molar refractivity (Wildman–Crippen MR) is 82.4 cm³/mol. The van der Waals surface area contributed by atoms with Crippen molar-refractivity contribution < 1.29 is 9.53 Å². The Morgan fingerprint density at radius 1 is 1.40 bits per heavy atom. The van der Waals surface area contributed by atoms with Crippen LogP contribution < -0.4 is 5.32 Å². The maximum Gasteiger partial charge on any atom is 0.307 e. The number of fused-ring (bicyclic) bond motifs is 1. The smallest absolute Gasteiger partial charge is 0.307 e. The van der Waals surface area contributed by atoms with Crippen LogP contribution in [0, 0.1) is 0 Å². The summed E-state index contributed by atoms with van der Waals surface area (Å²) in [4.78, 5) is 15.7. The first-order valence-electron chi connectivity index (χ1n) is 6.61. The number of esters is 1. The molecule has 0 aliphatic heterocycles. The van der Waals surface area contributed by atoms with Gasteiger partial charge in [-0.05, 0) is 24.6 Å². The van der Waals surface area contributed by atoms with Gasteiger partial charge in [-0.2, -0.15) is 0 Å². The van der Waals surface area contributed by atoms with E-state index in [1.807, 2.05) is 31.2 Å². The molecule has 1 N–H and O–H groups in total. The molecule has 0 spiro atoms. The lowest BCUT2D eigenvalue weighted by Crippen LogP contribution is -2.19. The van der Waals surface area contributed by atoms with Crippen molar-refractivity contribution >= 4 is 32.8 Å². The van der Waals surface area contributed by atoms with Crippen LogP contribution in [0.1, 0.15) is 18.9 Å². The van der Waals surface area contributed by atoms with Gasteiger partial charge in [0.1, 0.15) is 0 Å². The van der Waals surface area contributed by atoms with Crippen LogP contribution in [0.4, 0.5) is 0 Å². The fourth-order valence-corrected chi connectivity index (χ4v) is 2.44. The van der Waals surface area contributed by atoms with Crippen molar-refractivity contribution in [2.75, 3.05) is 13.2 Å². The molecule has 0 fully saturated rings. The largest absolute Gasteiger partial charge is 0.466 e. The number of ether oxygens (including phenoxy) is 1. The average molecular weight is 337 g/mol. The Kier molecular flexibility index (Phi) is 5.49. The number of hydrogen-bond acceptors (Lipinski definition) is 4. The van der Waals surface area contributed by atoms with E-state index in [0.29, 0.717) is 26.1 Å². The number of benzene rings is 1. The van der Waals surface area contributed by atoms with Gasteiger partial charge in [0.15, 0.2) is 0 Å². The number of pyridine rings is 1. The number of rotatable bonds is 6. The molecule has 0 radical (unpaired) electrons. The number of nitrogens with zero attached hydrogens (tertiary/aromatic N) is 1. The molecule has 1 aromatic carbocycles. The normalized spacial score (nSPS) is 10.7. The van der Waals surface area contributed by atoms with Crippen LogP contribution in [0.15, 0.2) is 34.9 Å². The zero-order valence-electron chi connectivity index (χ0n) is 11.4. The Balaban J connectivity index is 1.97. The monoisotopic (exact) mass is 336 g/mol. The molecule has 0 saturated heterocycles. The van der Waals surface area contributed by atoms with E-state index >= 15 is 0 Å². The quantitative estimate of drug-likeness (QED) is 0.650. The summed E-state index contributed by atoms with van der Waals surface area (Å²) in [7, 11) is 0. The van der Waals surface area contributed by atoms with E-state index in [4.69, 9.17) is 4.74 Å². The van der Waals surface area contributed by atoms with Gasteiger partial charge in [-0.3, -0.25) is 9.78 Å². The number of nitrogens with one attached hydrogen (secondary N) is 1. The molecule has 0 saturated carbocycles. The number of hydrogen-bond donors (Lipinski definition) is 1. The van der Waals surface area contributed by atoms with Crippen molar-refractivity contribution in [2.24, 2.45) is 0 Å². The summed E-state index contributed by atoms with van der Waals surface area (Å²) in [6.07, 6.45) is 2.17. The summed E-state index contributed by atoms with van der Waals surface area (Å²) in [5.74, 6) is -0.168. The molecule has 4 nitrogen and oxygen atoms in total. The highest BCUT2D eigenvalue weighted by molar-refractivity contribution is 9.10. The predicted octanol–water partition coefficient (Wildman–Crippen LogP) is 3.04. The maximum atomic E-state index is 11.2. The molecule has 0 aliphatic carbocycles. The minimum Gasteiger partial charge on any atom is -0.466 e. The highest BCUT2D eigenvalue weighted by Crippen LogP contribution is 2.24. The van der Waals surface area contributed by atoms with E-state index in [0.717, 1.165) is 20.9 Å². The summed E-state index contributed by atoms with van der Waals surface area (Å²) in [6, 6.07) is 8.02. The molecule has 1 heterocycles. The van der Waals surface area contributed by atoms with Crippen molar-refractivity contribution in [1.29, 1.82) is 0 Å². The second kappa shape index (κ2) is 7.36. The van der Waals surface area contributed by atoms with E-state index in [1.165, 1.54) is 0 Å². The maximum absolute atomic E-state index is 11.2. The van der Waals surface area contributed by atoms with Crippen LogP contribution in [0.3, 0.4) is 0 Å². The van der Waals surface area contributed by atoms with Crippen molar-refractivity contribution in [2.45, 2.75) is 19.9 Å². The van der Waals surface area contributed by atoms with Gasteiger partial charge in [-0.25, -0.2) is 0 Å². The van der Waals surface area contributed by atoms with Crippen molar-refractivity contribution in [3.8, 4) is 0 Å². The highest BCUT2D eigenvalue weighted by atomic mass is 79.9. The van der Waals surface area contributed by atoms with Crippen LogP contribution in [-0.2, 0) is 16.1 Å². The van der Waals surface area contributed by atoms with E-state index in [9.17, 15) is 4.79 Å². The first kappa shape index (κ1) is 14.9. The zero-order valence-corrected chi connectivity index (χ0v) is 12.9. The van der Waals surface area contributed by atoms with Gasteiger partial charge >= 0.3 is 5.97 Å². The molecule has 106 valence electrons. The molecular formula is C15H17BrN2O2. The molecular weight excluding hydrogens is 320 g/mol. The molecule has 0 unspecified atom stereocenters. The first-order valence-corrected chi connectivity index (χ1v) is 7.40. The average Bonchev–Trinajstić information content (AvgIpc) is 2.46. The summed E-state index contributed by atoms with van der Waals surface area (Å²) in [5.41, 5.74) is 2.10. The Morgan fingerprint density at radius 2 is 2.25 bits per heavy atom. The van der Waals surface area contributed by atoms with Crippen molar-refractivity contribution in [3.63, 3.8) is 0 Å². The molecule has 0 aliphatic rings. The summed E-state index contributed by atoms with van der Waals surface area (Å²) in [6.45, 7) is 3.52. The minimum absolute atomic E-state index is 0.168. The van der Waals surface area contributed by atoms with Gasteiger partial charge in [0.2, 0.25) is 0 Å². The Morgan fingerprint density at radius 3 is 3.05 bits per heavy atom. The number of carbonyl (C=O) groups is 1. The van der Waals surface area contributed by atoms with Crippen molar-refractivity contribution in [3.05, 3.63) is 40.5 Å². The molecule has 0 bridgehead atoms. The van der Waals surface area contributed by atoms with Crippen LogP contribution in [-0.4, -0.2) is 24.1 Å². The third kappa shape index (κ3) is 3.77.